The molecule has 0 aromatic heterocycles. The third-order valence-corrected chi connectivity index (χ3v) is 5.59. The molecule has 5 heteroatoms. The molecule has 25 heavy (non-hydrogen) atoms. The fourth-order valence-electron chi connectivity index (χ4n) is 4.01. The van der Waals surface area contributed by atoms with Gasteiger partial charge in [0.1, 0.15) is 6.54 Å². The van der Waals surface area contributed by atoms with Gasteiger partial charge in [0.2, 0.25) is 11.8 Å². The predicted molar refractivity (Wildman–Crippen MR) is 99.6 cm³/mol. The Morgan fingerprint density at radius 3 is 2.52 bits per heavy atom. The fraction of sp³-hybridized carbons (Fsp3) is 0.600. The number of anilines is 1. The second-order valence-corrected chi connectivity index (χ2v) is 7.64. The van der Waals surface area contributed by atoms with E-state index in [-0.39, 0.29) is 23.8 Å². The Balaban J connectivity index is 1.67. The molecule has 5 nitrogen and oxygen atoms in total. The minimum Gasteiger partial charge on any atom is -0.331 e. The summed E-state index contributed by atoms with van der Waals surface area (Å²) in [6, 6.07) is 7.99. The molecule has 0 saturated carbocycles. The molecule has 1 aromatic rings. The van der Waals surface area contributed by atoms with E-state index in [1.165, 1.54) is 5.56 Å². The maximum Gasteiger partial charge on any atom is 0.246 e. The first-order valence-electron chi connectivity index (χ1n) is 9.32. The summed E-state index contributed by atoms with van der Waals surface area (Å²) in [7, 11) is 0. The molecule has 2 heterocycles. The van der Waals surface area contributed by atoms with Crippen molar-refractivity contribution in [3.63, 3.8) is 0 Å². The van der Waals surface area contributed by atoms with Gasteiger partial charge < -0.3 is 14.7 Å². The Morgan fingerprint density at radius 1 is 1.16 bits per heavy atom. The van der Waals surface area contributed by atoms with E-state index in [1.54, 1.807) is 9.80 Å². The lowest BCUT2D eigenvalue weighted by Crippen LogP contribution is -2.58. The number of piperazine rings is 1. The quantitative estimate of drug-likeness (QED) is 0.846. The van der Waals surface area contributed by atoms with Crippen molar-refractivity contribution in [2.75, 3.05) is 44.2 Å². The number of aryl methyl sites for hydroxylation is 1. The lowest BCUT2D eigenvalue weighted by atomic mass is 9.80. The van der Waals surface area contributed by atoms with Gasteiger partial charge in [-0.2, -0.15) is 0 Å². The molecule has 1 aromatic carbocycles. The minimum atomic E-state index is -0.361. The first-order chi connectivity index (χ1) is 11.9. The van der Waals surface area contributed by atoms with Crippen LogP contribution >= 0.6 is 0 Å². The average molecular weight is 343 g/mol. The number of benzene rings is 1. The van der Waals surface area contributed by atoms with Crippen LogP contribution in [0, 0.1) is 12.3 Å². The first-order valence-corrected chi connectivity index (χ1v) is 9.32. The zero-order valence-corrected chi connectivity index (χ0v) is 15.6. The normalized spacial score (nSPS) is 25.3. The van der Waals surface area contributed by atoms with E-state index in [0.29, 0.717) is 13.1 Å². The van der Waals surface area contributed by atoms with E-state index < -0.39 is 0 Å². The summed E-state index contributed by atoms with van der Waals surface area (Å²) in [6.07, 6.45) is 1.96. The van der Waals surface area contributed by atoms with Gasteiger partial charge in [-0.25, -0.2) is 0 Å². The molecule has 2 saturated heterocycles. The Hall–Kier alpha value is -1.88. The summed E-state index contributed by atoms with van der Waals surface area (Å²) < 4.78 is 0. The number of hydrogen-bond donors (Lipinski definition) is 0. The SMILES string of the molecule is CCN1CCC[C@@](C)(C(=O)N2CCN(c3ccc(C)cc3)C(=O)C2)C1. The molecule has 0 unspecified atom stereocenters. The van der Waals surface area contributed by atoms with Gasteiger partial charge in [-0.05, 0) is 51.9 Å². The van der Waals surface area contributed by atoms with Gasteiger partial charge in [-0.3, -0.25) is 9.59 Å². The summed E-state index contributed by atoms with van der Waals surface area (Å²) in [5.41, 5.74) is 1.74. The molecule has 0 bridgehead atoms. The van der Waals surface area contributed by atoms with Gasteiger partial charge in [0.05, 0.1) is 5.41 Å². The maximum absolute atomic E-state index is 13.1. The molecule has 3 rings (SSSR count). The van der Waals surface area contributed by atoms with Gasteiger partial charge in [-0.1, -0.05) is 24.6 Å². The fourth-order valence-corrected chi connectivity index (χ4v) is 4.01. The third kappa shape index (κ3) is 3.71. The number of carbonyl (C=O) groups excluding carboxylic acids is 2. The van der Waals surface area contributed by atoms with E-state index in [2.05, 4.69) is 18.7 Å². The highest BCUT2D eigenvalue weighted by Gasteiger charge is 2.41. The monoisotopic (exact) mass is 343 g/mol. The highest BCUT2D eigenvalue weighted by molar-refractivity contribution is 5.98. The maximum atomic E-state index is 13.1. The summed E-state index contributed by atoms with van der Waals surface area (Å²) in [4.78, 5) is 31.6. The summed E-state index contributed by atoms with van der Waals surface area (Å²) >= 11 is 0. The van der Waals surface area contributed by atoms with Crippen molar-refractivity contribution in [1.29, 1.82) is 0 Å². The van der Waals surface area contributed by atoms with Gasteiger partial charge in [0, 0.05) is 25.3 Å². The van der Waals surface area contributed by atoms with E-state index in [0.717, 1.165) is 38.2 Å². The van der Waals surface area contributed by atoms with Crippen LogP contribution < -0.4 is 4.90 Å². The van der Waals surface area contributed by atoms with Crippen LogP contribution in [0.5, 0.6) is 0 Å². The van der Waals surface area contributed by atoms with Crippen LogP contribution in [-0.4, -0.2) is 60.9 Å². The van der Waals surface area contributed by atoms with Crippen LogP contribution in [0.1, 0.15) is 32.3 Å². The Labute approximate surface area is 150 Å². The van der Waals surface area contributed by atoms with Crippen LogP contribution in [0.2, 0.25) is 0 Å². The number of piperidine rings is 1. The average Bonchev–Trinajstić information content (AvgIpc) is 2.62. The van der Waals surface area contributed by atoms with E-state index in [9.17, 15) is 9.59 Å². The van der Waals surface area contributed by atoms with Crippen molar-refractivity contribution in [3.8, 4) is 0 Å². The van der Waals surface area contributed by atoms with Crippen molar-refractivity contribution < 1.29 is 9.59 Å². The zero-order valence-electron chi connectivity index (χ0n) is 15.6. The second-order valence-electron chi connectivity index (χ2n) is 7.64. The van der Waals surface area contributed by atoms with Crippen LogP contribution in [0.15, 0.2) is 24.3 Å². The molecule has 1 atom stereocenters. The van der Waals surface area contributed by atoms with Crippen molar-refractivity contribution in [3.05, 3.63) is 29.8 Å². The van der Waals surface area contributed by atoms with E-state index in [1.807, 2.05) is 31.2 Å². The van der Waals surface area contributed by atoms with Crippen LogP contribution in [-0.2, 0) is 9.59 Å². The number of hydrogen-bond acceptors (Lipinski definition) is 3. The molecule has 0 radical (unpaired) electrons. The number of likely N-dealkylation sites (tertiary alicyclic amines) is 1. The number of nitrogens with zero attached hydrogens (tertiary/aromatic N) is 3. The topological polar surface area (TPSA) is 43.9 Å². The molecule has 2 aliphatic rings. The van der Waals surface area contributed by atoms with Gasteiger partial charge >= 0.3 is 0 Å². The smallest absolute Gasteiger partial charge is 0.246 e. The summed E-state index contributed by atoms with van der Waals surface area (Å²) in [5, 5.41) is 0. The van der Waals surface area contributed by atoms with Crippen molar-refractivity contribution >= 4 is 17.5 Å². The number of rotatable bonds is 3. The zero-order chi connectivity index (χ0) is 18.0. The van der Waals surface area contributed by atoms with E-state index >= 15 is 0 Å². The highest BCUT2D eigenvalue weighted by atomic mass is 16.2. The molecule has 0 spiro atoms. The molecule has 136 valence electrons. The van der Waals surface area contributed by atoms with E-state index in [4.69, 9.17) is 0 Å². The second kappa shape index (κ2) is 7.16. The number of carbonyl (C=O) groups is 2. The lowest BCUT2D eigenvalue weighted by Gasteiger charge is -2.43. The molecule has 2 fully saturated rings. The van der Waals surface area contributed by atoms with Crippen molar-refractivity contribution in [2.24, 2.45) is 5.41 Å². The van der Waals surface area contributed by atoms with Gasteiger partial charge in [-0.15, -0.1) is 0 Å². The standard InChI is InChI=1S/C20H29N3O2/c1-4-21-11-5-10-20(3,15-21)19(25)22-12-13-23(18(24)14-22)17-8-6-16(2)7-9-17/h6-9H,4-5,10-15H2,1-3H3/t20-/m1/s1. The van der Waals surface area contributed by atoms with Crippen LogP contribution in [0.25, 0.3) is 0 Å². The predicted octanol–water partition coefficient (Wildman–Crippen LogP) is 2.29. The Kier molecular flexibility index (Phi) is 5.13. The number of amides is 2. The molecule has 2 aliphatic heterocycles. The molecular weight excluding hydrogens is 314 g/mol. The molecular formula is C20H29N3O2. The third-order valence-electron chi connectivity index (χ3n) is 5.59. The Morgan fingerprint density at radius 2 is 1.88 bits per heavy atom. The largest absolute Gasteiger partial charge is 0.331 e. The first kappa shape index (κ1) is 17.9. The van der Waals surface area contributed by atoms with Crippen LogP contribution in [0.4, 0.5) is 5.69 Å². The van der Waals surface area contributed by atoms with Crippen molar-refractivity contribution in [2.45, 2.75) is 33.6 Å². The van der Waals surface area contributed by atoms with Crippen molar-refractivity contribution in [1.82, 2.24) is 9.80 Å². The van der Waals surface area contributed by atoms with Crippen LogP contribution in [0.3, 0.4) is 0 Å². The molecule has 2 amide bonds. The molecule has 0 aliphatic carbocycles. The summed E-state index contributed by atoms with van der Waals surface area (Å²) in [6.45, 7) is 10.5. The highest BCUT2D eigenvalue weighted by Crippen LogP contribution is 2.32. The van der Waals surface area contributed by atoms with Gasteiger partial charge in [0.25, 0.3) is 0 Å². The summed E-state index contributed by atoms with van der Waals surface area (Å²) in [5.74, 6) is 0.151. The lowest BCUT2D eigenvalue weighted by molar-refractivity contribution is -0.147. The molecule has 0 N–H and O–H groups in total. The Bertz CT molecular complexity index is 643. The minimum absolute atomic E-state index is 0.00945. The van der Waals surface area contributed by atoms with Gasteiger partial charge in [0.15, 0.2) is 0 Å².